The summed E-state index contributed by atoms with van der Waals surface area (Å²) in [5.41, 5.74) is -0.344. The lowest BCUT2D eigenvalue weighted by Gasteiger charge is -2.13. The molecule has 0 saturated heterocycles. The summed E-state index contributed by atoms with van der Waals surface area (Å²) in [6, 6.07) is 11.7. The van der Waals surface area contributed by atoms with Crippen LogP contribution in [-0.4, -0.2) is 26.5 Å². The van der Waals surface area contributed by atoms with Crippen molar-refractivity contribution in [2.45, 2.75) is 0 Å². The maximum absolute atomic E-state index is 13.2. The van der Waals surface area contributed by atoms with Gasteiger partial charge in [-0.1, -0.05) is 0 Å². The third kappa shape index (κ3) is 3.64. The van der Waals surface area contributed by atoms with Gasteiger partial charge in [0.25, 0.3) is 0 Å². The summed E-state index contributed by atoms with van der Waals surface area (Å²) in [7, 11) is 0. The predicted molar refractivity (Wildman–Crippen MR) is 109 cm³/mol. The molecule has 0 aliphatic heterocycles. The van der Waals surface area contributed by atoms with Crippen molar-refractivity contribution in [3.63, 3.8) is 0 Å². The van der Waals surface area contributed by atoms with Gasteiger partial charge in [-0.05, 0) is 42.5 Å². The predicted octanol–water partition coefficient (Wildman–Crippen LogP) is 4.04. The van der Waals surface area contributed by atoms with E-state index >= 15 is 0 Å². The van der Waals surface area contributed by atoms with Crippen LogP contribution >= 0.6 is 0 Å². The fourth-order valence-electron chi connectivity index (χ4n) is 2.97. The fraction of sp³-hybridized carbons (Fsp3) is 0. The van der Waals surface area contributed by atoms with Crippen molar-refractivity contribution in [1.82, 2.24) is 0 Å². The van der Waals surface area contributed by atoms with E-state index in [9.17, 15) is 30.0 Å². The molecule has 0 aliphatic carbocycles. The summed E-state index contributed by atoms with van der Waals surface area (Å²) in [6.07, 6.45) is 1.41. The highest BCUT2D eigenvalue weighted by molar-refractivity contribution is 5.88. The minimum atomic E-state index is -0.740. The van der Waals surface area contributed by atoms with E-state index < -0.39 is 16.9 Å². The third-order valence-corrected chi connectivity index (χ3v) is 4.39. The molecule has 4 aromatic rings. The summed E-state index contributed by atoms with van der Waals surface area (Å²) in [6.45, 7) is 0. The average Bonchev–Trinajstić information content (AvgIpc) is 2.73. The number of rotatable bonds is 4. The lowest BCUT2D eigenvalue weighted by atomic mass is 10.1. The van der Waals surface area contributed by atoms with Crippen molar-refractivity contribution in [2.75, 3.05) is 0 Å². The van der Waals surface area contributed by atoms with Crippen molar-refractivity contribution in [1.29, 1.82) is 0 Å². The second kappa shape index (κ2) is 7.58. The number of fused-ring (bicyclic) bond motifs is 1. The molecule has 1 aromatic heterocycles. The second-order valence-corrected chi connectivity index (χ2v) is 6.43. The summed E-state index contributed by atoms with van der Waals surface area (Å²) in [5.74, 6) is -1.91. The van der Waals surface area contributed by atoms with Crippen LogP contribution in [0, 0.1) is 0 Å². The van der Waals surface area contributed by atoms with Crippen LogP contribution in [0.3, 0.4) is 0 Å². The minimum absolute atomic E-state index is 0.118. The van der Waals surface area contributed by atoms with Gasteiger partial charge in [-0.15, -0.1) is 0 Å². The van der Waals surface area contributed by atoms with Crippen molar-refractivity contribution in [2.24, 2.45) is 4.99 Å². The highest BCUT2D eigenvalue weighted by atomic mass is 16.5. The largest absolute Gasteiger partial charge is 0.508 e. The first-order chi connectivity index (χ1) is 14.9. The molecule has 0 unspecified atom stereocenters. The topological polar surface area (TPSA) is 150 Å². The molecular formula is C22H13NO8. The van der Waals surface area contributed by atoms with E-state index in [4.69, 9.17) is 9.15 Å². The van der Waals surface area contributed by atoms with Crippen molar-refractivity contribution >= 4 is 22.7 Å². The summed E-state index contributed by atoms with van der Waals surface area (Å²) >= 11 is 0. The van der Waals surface area contributed by atoms with Gasteiger partial charge >= 0.3 is 0 Å². The zero-order valence-corrected chi connectivity index (χ0v) is 15.6. The Morgan fingerprint density at radius 2 is 1.61 bits per heavy atom. The standard InChI is InChI=1S/C22H13NO8/c24-10-23-12-2-4-14(5-3-12)30-22-20(29)19-17(28)8-13(25)9-18(19)31-21(22)11-1-6-15(26)16(27)7-11/h1-9,25-28H. The van der Waals surface area contributed by atoms with Gasteiger partial charge in [0.2, 0.25) is 17.3 Å². The molecule has 4 rings (SSSR count). The Labute approximate surface area is 173 Å². The van der Waals surface area contributed by atoms with Gasteiger partial charge in [0.05, 0.1) is 5.69 Å². The van der Waals surface area contributed by atoms with Crippen LogP contribution in [0.25, 0.3) is 22.3 Å². The first kappa shape index (κ1) is 19.6. The molecule has 3 aromatic carbocycles. The van der Waals surface area contributed by atoms with Gasteiger partial charge in [-0.25, -0.2) is 4.79 Å². The molecule has 4 N–H and O–H groups in total. The number of isocyanates is 1. The first-order valence-electron chi connectivity index (χ1n) is 8.78. The summed E-state index contributed by atoms with van der Waals surface area (Å²) in [5, 5.41) is 39.1. The first-order valence-corrected chi connectivity index (χ1v) is 8.78. The molecule has 9 heteroatoms. The number of phenols is 4. The SMILES string of the molecule is O=C=Nc1ccc(Oc2c(-c3ccc(O)c(O)c3)oc3cc(O)cc(O)c3c2=O)cc1. The summed E-state index contributed by atoms with van der Waals surface area (Å²) < 4.78 is 11.5. The second-order valence-electron chi connectivity index (χ2n) is 6.43. The zero-order chi connectivity index (χ0) is 22.1. The van der Waals surface area contributed by atoms with Gasteiger partial charge < -0.3 is 29.6 Å². The maximum atomic E-state index is 13.2. The fourth-order valence-corrected chi connectivity index (χ4v) is 2.97. The molecular weight excluding hydrogens is 406 g/mol. The molecule has 1 heterocycles. The maximum Gasteiger partial charge on any atom is 0.240 e. The Bertz CT molecular complexity index is 1420. The molecule has 0 atom stereocenters. The van der Waals surface area contributed by atoms with E-state index in [0.717, 1.165) is 18.2 Å². The number of carbonyl (C=O) groups excluding carboxylic acids is 1. The molecule has 0 bridgehead atoms. The van der Waals surface area contributed by atoms with Crippen molar-refractivity contribution < 1.29 is 34.4 Å². The highest BCUT2D eigenvalue weighted by Gasteiger charge is 2.22. The van der Waals surface area contributed by atoms with E-state index in [2.05, 4.69) is 4.99 Å². The van der Waals surface area contributed by atoms with Crippen LogP contribution in [0.15, 0.2) is 68.8 Å². The van der Waals surface area contributed by atoms with Crippen LogP contribution in [0.5, 0.6) is 34.5 Å². The van der Waals surface area contributed by atoms with Crippen molar-refractivity contribution in [3.8, 4) is 45.8 Å². The van der Waals surface area contributed by atoms with Crippen LogP contribution in [0.1, 0.15) is 0 Å². The van der Waals surface area contributed by atoms with Crippen LogP contribution < -0.4 is 10.2 Å². The van der Waals surface area contributed by atoms with E-state index in [-0.39, 0.29) is 45.3 Å². The Kier molecular flexibility index (Phi) is 4.79. The molecule has 0 radical (unpaired) electrons. The minimum Gasteiger partial charge on any atom is -0.508 e. The molecule has 0 fully saturated rings. The molecule has 0 amide bonds. The monoisotopic (exact) mass is 419 g/mol. The molecule has 9 nitrogen and oxygen atoms in total. The van der Waals surface area contributed by atoms with E-state index in [1.54, 1.807) is 0 Å². The Hall–Kier alpha value is -4.75. The van der Waals surface area contributed by atoms with Crippen LogP contribution in [0.4, 0.5) is 5.69 Å². The van der Waals surface area contributed by atoms with Gasteiger partial charge in [-0.2, -0.15) is 4.99 Å². The number of nitrogens with zero attached hydrogens (tertiary/aromatic N) is 1. The number of aromatic hydroxyl groups is 4. The van der Waals surface area contributed by atoms with Gasteiger partial charge in [0.1, 0.15) is 28.2 Å². The van der Waals surface area contributed by atoms with E-state index in [1.807, 2.05) is 0 Å². The third-order valence-electron chi connectivity index (χ3n) is 4.39. The van der Waals surface area contributed by atoms with E-state index in [0.29, 0.717) is 5.69 Å². The van der Waals surface area contributed by atoms with E-state index in [1.165, 1.54) is 42.5 Å². The molecule has 154 valence electrons. The average molecular weight is 419 g/mol. The van der Waals surface area contributed by atoms with Gasteiger partial charge in [-0.3, -0.25) is 4.79 Å². The Balaban J connectivity index is 1.96. The number of hydrogen-bond acceptors (Lipinski definition) is 9. The normalized spacial score (nSPS) is 10.6. The van der Waals surface area contributed by atoms with Gasteiger partial charge in [0, 0.05) is 17.7 Å². The van der Waals surface area contributed by atoms with Crippen LogP contribution in [-0.2, 0) is 4.79 Å². The zero-order valence-electron chi connectivity index (χ0n) is 15.6. The van der Waals surface area contributed by atoms with Crippen molar-refractivity contribution in [3.05, 3.63) is 64.8 Å². The molecule has 0 saturated carbocycles. The number of benzene rings is 3. The summed E-state index contributed by atoms with van der Waals surface area (Å²) in [4.78, 5) is 27.0. The number of ether oxygens (including phenoxy) is 1. The molecule has 31 heavy (non-hydrogen) atoms. The van der Waals surface area contributed by atoms with Crippen LogP contribution in [0.2, 0.25) is 0 Å². The Morgan fingerprint density at radius 3 is 2.29 bits per heavy atom. The number of phenolic OH excluding ortho intramolecular Hbond substituents is 4. The smallest absolute Gasteiger partial charge is 0.240 e. The number of aliphatic imine (C=N–C) groups is 1. The number of hydrogen-bond donors (Lipinski definition) is 4. The molecule has 0 aliphatic rings. The quantitative estimate of drug-likeness (QED) is 0.220. The van der Waals surface area contributed by atoms with Gasteiger partial charge in [0.15, 0.2) is 17.3 Å². The molecule has 0 spiro atoms. The Morgan fingerprint density at radius 1 is 0.871 bits per heavy atom. The lowest BCUT2D eigenvalue weighted by molar-refractivity contribution is 0.403. The lowest BCUT2D eigenvalue weighted by Crippen LogP contribution is -2.07. The highest BCUT2D eigenvalue weighted by Crippen LogP contribution is 2.39.